The van der Waals surface area contributed by atoms with Gasteiger partial charge in [-0.2, -0.15) is 0 Å². The van der Waals surface area contributed by atoms with Crippen LogP contribution in [0.5, 0.6) is 0 Å². The van der Waals surface area contributed by atoms with E-state index < -0.39 is 0 Å². The van der Waals surface area contributed by atoms with Gasteiger partial charge >= 0.3 is 0 Å². The lowest BCUT2D eigenvalue weighted by atomic mass is 10.1. The molecule has 4 amide bonds. The predicted molar refractivity (Wildman–Crippen MR) is 112 cm³/mol. The molecule has 0 atom stereocenters. The zero-order chi connectivity index (χ0) is 20.8. The molecule has 30 heavy (non-hydrogen) atoms. The van der Waals surface area contributed by atoms with Crippen LogP contribution in [0.25, 0.3) is 0 Å². The van der Waals surface area contributed by atoms with Crippen LogP contribution < -0.4 is 0 Å². The topological polar surface area (TPSA) is 81.2 Å². The Balaban J connectivity index is 1.18. The highest BCUT2D eigenvalue weighted by molar-refractivity contribution is 7.96. The maximum atomic E-state index is 12.5. The van der Waals surface area contributed by atoms with Crippen molar-refractivity contribution in [2.45, 2.75) is 0 Å². The van der Waals surface area contributed by atoms with Crippen LogP contribution in [-0.4, -0.2) is 67.0 Å². The number of amides is 4. The Morgan fingerprint density at radius 1 is 0.500 bits per heavy atom. The first-order valence-corrected chi connectivity index (χ1v) is 10.8. The molecule has 0 bridgehead atoms. The molecule has 8 nitrogen and oxygen atoms in total. The molecular formula is C20H16N4O4S2. The molecule has 0 saturated carbocycles. The van der Waals surface area contributed by atoms with Crippen LogP contribution in [0, 0.1) is 0 Å². The van der Waals surface area contributed by atoms with Gasteiger partial charge in [-0.1, -0.05) is 24.3 Å². The van der Waals surface area contributed by atoms with Crippen molar-refractivity contribution in [3.05, 3.63) is 70.8 Å². The van der Waals surface area contributed by atoms with Crippen molar-refractivity contribution in [3.8, 4) is 0 Å². The van der Waals surface area contributed by atoms with E-state index in [0.717, 1.165) is 24.3 Å². The standard InChI is InChI=1S/C20H16N4O4S2/c25-17-13-5-1-2-6-14(13)18(26)23(17)29-21-9-11-22(12-10-21)30-24-19(27)15-7-3-4-8-16(15)20(24)28/h1-8H,9-12H2. The third-order valence-electron chi connectivity index (χ3n) is 5.11. The molecule has 10 heteroatoms. The molecule has 2 aromatic rings. The number of benzene rings is 2. The highest BCUT2D eigenvalue weighted by Crippen LogP contribution is 2.33. The Hall–Kier alpha value is -2.66. The maximum absolute atomic E-state index is 12.5. The number of piperazine rings is 1. The number of carbonyl (C=O) groups is 4. The van der Waals surface area contributed by atoms with E-state index in [4.69, 9.17) is 0 Å². The zero-order valence-corrected chi connectivity index (χ0v) is 17.3. The summed E-state index contributed by atoms with van der Waals surface area (Å²) in [6, 6.07) is 13.6. The molecule has 3 aliphatic heterocycles. The number of carbonyl (C=O) groups excluding carboxylic acids is 4. The zero-order valence-electron chi connectivity index (χ0n) is 15.7. The van der Waals surface area contributed by atoms with Crippen LogP contribution >= 0.6 is 24.3 Å². The molecule has 3 aliphatic rings. The third-order valence-corrected chi connectivity index (χ3v) is 7.29. The fraction of sp³-hybridized carbons (Fsp3) is 0.200. The Morgan fingerprint density at radius 2 is 0.767 bits per heavy atom. The summed E-state index contributed by atoms with van der Waals surface area (Å²) >= 11 is 2.24. The molecule has 0 spiro atoms. The molecule has 1 fully saturated rings. The first-order valence-electron chi connectivity index (χ1n) is 9.36. The Kier molecular flexibility index (Phi) is 4.86. The first kappa shape index (κ1) is 19.3. The number of nitrogens with zero attached hydrogens (tertiary/aromatic N) is 4. The van der Waals surface area contributed by atoms with Crippen LogP contribution in [-0.2, 0) is 0 Å². The van der Waals surface area contributed by atoms with Gasteiger partial charge in [-0.15, -0.1) is 0 Å². The van der Waals surface area contributed by atoms with E-state index in [-0.39, 0.29) is 23.6 Å². The maximum Gasteiger partial charge on any atom is 0.272 e. The molecule has 1 saturated heterocycles. The van der Waals surface area contributed by atoms with E-state index in [1.54, 1.807) is 48.5 Å². The molecule has 0 aliphatic carbocycles. The highest BCUT2D eigenvalue weighted by Gasteiger charge is 2.40. The number of hydrogen-bond donors (Lipinski definition) is 0. The largest absolute Gasteiger partial charge is 0.272 e. The van der Waals surface area contributed by atoms with Crippen molar-refractivity contribution in [1.82, 2.24) is 17.2 Å². The van der Waals surface area contributed by atoms with Crippen LogP contribution in [0.2, 0.25) is 0 Å². The number of imide groups is 2. The normalized spacial score (nSPS) is 19.6. The van der Waals surface area contributed by atoms with Gasteiger partial charge in [0.2, 0.25) is 0 Å². The van der Waals surface area contributed by atoms with Crippen LogP contribution in [0.4, 0.5) is 0 Å². The Labute approximate surface area is 181 Å². The fourth-order valence-electron chi connectivity index (χ4n) is 3.55. The van der Waals surface area contributed by atoms with Crippen LogP contribution in [0.3, 0.4) is 0 Å². The van der Waals surface area contributed by atoms with Gasteiger partial charge < -0.3 is 0 Å². The average molecular weight is 441 g/mol. The van der Waals surface area contributed by atoms with E-state index in [1.807, 2.05) is 8.61 Å². The summed E-state index contributed by atoms with van der Waals surface area (Å²) in [6.07, 6.45) is 0. The lowest BCUT2D eigenvalue weighted by Gasteiger charge is -2.34. The third kappa shape index (κ3) is 3.12. The predicted octanol–water partition coefficient (Wildman–Crippen LogP) is 2.32. The molecule has 152 valence electrons. The van der Waals surface area contributed by atoms with Gasteiger partial charge in [0.25, 0.3) is 23.6 Å². The monoisotopic (exact) mass is 440 g/mol. The molecule has 3 heterocycles. The van der Waals surface area contributed by atoms with Crippen molar-refractivity contribution < 1.29 is 19.2 Å². The van der Waals surface area contributed by atoms with Crippen molar-refractivity contribution in [2.75, 3.05) is 26.2 Å². The second-order valence-corrected chi connectivity index (χ2v) is 9.01. The smallest absolute Gasteiger partial charge is 0.268 e. The number of fused-ring (bicyclic) bond motifs is 2. The summed E-state index contributed by atoms with van der Waals surface area (Å²) in [5.74, 6) is -1.21. The van der Waals surface area contributed by atoms with E-state index in [0.29, 0.717) is 48.4 Å². The van der Waals surface area contributed by atoms with Crippen molar-refractivity contribution in [3.63, 3.8) is 0 Å². The van der Waals surface area contributed by atoms with Gasteiger partial charge in [0.15, 0.2) is 0 Å². The summed E-state index contributed by atoms with van der Waals surface area (Å²) < 4.78 is 6.28. The molecule has 0 radical (unpaired) electrons. The lowest BCUT2D eigenvalue weighted by Crippen LogP contribution is -2.44. The first-order chi connectivity index (χ1) is 14.5. The minimum absolute atomic E-state index is 0.302. The van der Waals surface area contributed by atoms with Crippen molar-refractivity contribution in [1.29, 1.82) is 0 Å². The van der Waals surface area contributed by atoms with Crippen LogP contribution in [0.15, 0.2) is 48.5 Å². The van der Waals surface area contributed by atoms with Gasteiger partial charge in [0, 0.05) is 26.2 Å². The fourth-order valence-corrected chi connectivity index (χ4v) is 5.35. The molecule has 2 aromatic carbocycles. The van der Waals surface area contributed by atoms with Crippen molar-refractivity contribution >= 4 is 47.9 Å². The number of hydrogen-bond acceptors (Lipinski definition) is 8. The summed E-state index contributed by atoms with van der Waals surface area (Å²) in [6.45, 7) is 2.31. The highest BCUT2D eigenvalue weighted by atomic mass is 32.2. The van der Waals surface area contributed by atoms with E-state index in [2.05, 4.69) is 0 Å². The lowest BCUT2D eigenvalue weighted by molar-refractivity contribution is 0.0751. The minimum Gasteiger partial charge on any atom is -0.268 e. The molecule has 0 unspecified atom stereocenters. The Morgan fingerprint density at radius 3 is 1.03 bits per heavy atom. The van der Waals surface area contributed by atoms with Crippen LogP contribution in [0.1, 0.15) is 41.4 Å². The van der Waals surface area contributed by atoms with Gasteiger partial charge in [0.1, 0.15) is 0 Å². The van der Waals surface area contributed by atoms with Gasteiger partial charge in [0.05, 0.1) is 46.5 Å². The second-order valence-electron chi connectivity index (χ2n) is 6.92. The number of rotatable bonds is 4. The van der Waals surface area contributed by atoms with E-state index >= 15 is 0 Å². The SMILES string of the molecule is O=C1c2ccccc2C(=O)N1SN1CCN(SN2C(=O)c3ccccc3C2=O)CC1. The molecule has 0 aromatic heterocycles. The minimum atomic E-state index is -0.302. The summed E-state index contributed by atoms with van der Waals surface area (Å²) in [5, 5.41) is 0. The summed E-state index contributed by atoms with van der Waals surface area (Å²) in [7, 11) is 0. The summed E-state index contributed by atoms with van der Waals surface area (Å²) in [5.41, 5.74) is 1.70. The molecular weight excluding hydrogens is 424 g/mol. The van der Waals surface area contributed by atoms with E-state index in [9.17, 15) is 19.2 Å². The van der Waals surface area contributed by atoms with Crippen molar-refractivity contribution in [2.24, 2.45) is 0 Å². The van der Waals surface area contributed by atoms with Gasteiger partial charge in [-0.05, 0) is 24.3 Å². The molecule has 5 rings (SSSR count). The van der Waals surface area contributed by atoms with Gasteiger partial charge in [-0.3, -0.25) is 19.2 Å². The molecule has 0 N–H and O–H groups in total. The Bertz CT molecular complexity index is 928. The quantitative estimate of drug-likeness (QED) is 0.529. The van der Waals surface area contributed by atoms with Gasteiger partial charge in [-0.25, -0.2) is 17.2 Å². The summed E-state index contributed by atoms with van der Waals surface area (Å²) in [4.78, 5) is 50.1. The van der Waals surface area contributed by atoms with E-state index in [1.165, 1.54) is 8.61 Å². The second kappa shape index (κ2) is 7.55. The average Bonchev–Trinajstić information content (AvgIpc) is 3.16.